The number of carbonyl (C=O) groups excluding carboxylic acids is 2. The average molecular weight is 378 g/mol. The highest BCUT2D eigenvalue weighted by atomic mass is 16.2. The Morgan fingerprint density at radius 3 is 2.75 bits per heavy atom. The van der Waals surface area contributed by atoms with E-state index in [0.29, 0.717) is 37.4 Å². The summed E-state index contributed by atoms with van der Waals surface area (Å²) < 4.78 is 1.79. The van der Waals surface area contributed by atoms with Crippen LogP contribution < -0.4 is 5.32 Å². The van der Waals surface area contributed by atoms with Crippen molar-refractivity contribution >= 4 is 23.0 Å². The lowest BCUT2D eigenvalue weighted by Gasteiger charge is -2.16. The summed E-state index contributed by atoms with van der Waals surface area (Å²) in [6, 6.07) is 9.34. The molecule has 144 valence electrons. The number of amides is 2. The number of nitrogens with zero attached hydrogens (tertiary/aromatic N) is 5. The standard InChI is InChI=1S/C20H22N6O2/c1-14(27)21-10-12-26-19-18(22-8-9-23-19)17(24-26)16-7-11-25(13-16)20(28)15-5-3-2-4-6-15/h2-6,8-9,16H,7,10-13H2,1H3,(H,21,27). The van der Waals surface area contributed by atoms with E-state index in [1.165, 1.54) is 6.92 Å². The number of aromatic nitrogens is 4. The summed E-state index contributed by atoms with van der Waals surface area (Å²) in [5, 5.41) is 7.51. The van der Waals surface area contributed by atoms with Gasteiger partial charge in [0.05, 0.1) is 12.2 Å². The van der Waals surface area contributed by atoms with Crippen LogP contribution in [-0.4, -0.2) is 56.1 Å². The number of nitrogens with one attached hydrogen (secondary N) is 1. The third-order valence-electron chi connectivity index (χ3n) is 4.97. The number of carbonyl (C=O) groups is 2. The molecule has 1 N–H and O–H groups in total. The first kappa shape index (κ1) is 18.1. The zero-order valence-electron chi connectivity index (χ0n) is 15.7. The zero-order valence-corrected chi connectivity index (χ0v) is 15.7. The molecule has 3 aromatic rings. The van der Waals surface area contributed by atoms with Crippen molar-refractivity contribution < 1.29 is 9.59 Å². The number of rotatable bonds is 5. The van der Waals surface area contributed by atoms with Crippen molar-refractivity contribution in [2.24, 2.45) is 0 Å². The molecule has 1 saturated heterocycles. The number of fused-ring (bicyclic) bond motifs is 1. The Hall–Kier alpha value is -3.29. The Morgan fingerprint density at radius 2 is 1.96 bits per heavy atom. The Balaban J connectivity index is 1.54. The molecule has 0 aliphatic carbocycles. The fourth-order valence-electron chi connectivity index (χ4n) is 3.62. The second kappa shape index (κ2) is 7.75. The van der Waals surface area contributed by atoms with Crippen molar-refractivity contribution in [3.63, 3.8) is 0 Å². The summed E-state index contributed by atoms with van der Waals surface area (Å²) >= 11 is 0. The van der Waals surface area contributed by atoms with Gasteiger partial charge in [0, 0.05) is 50.4 Å². The molecular weight excluding hydrogens is 356 g/mol. The van der Waals surface area contributed by atoms with E-state index in [9.17, 15) is 9.59 Å². The molecule has 1 aliphatic rings. The van der Waals surface area contributed by atoms with Crippen molar-refractivity contribution in [1.82, 2.24) is 30.0 Å². The molecule has 8 nitrogen and oxygen atoms in total. The van der Waals surface area contributed by atoms with Gasteiger partial charge in [0.1, 0.15) is 5.52 Å². The lowest BCUT2D eigenvalue weighted by molar-refractivity contribution is -0.118. The Bertz CT molecular complexity index is 1000. The van der Waals surface area contributed by atoms with Crippen molar-refractivity contribution in [2.75, 3.05) is 19.6 Å². The van der Waals surface area contributed by atoms with Gasteiger partial charge in [-0.3, -0.25) is 9.59 Å². The van der Waals surface area contributed by atoms with Crippen LogP contribution in [0.2, 0.25) is 0 Å². The molecule has 3 heterocycles. The summed E-state index contributed by atoms with van der Waals surface area (Å²) in [5.74, 6) is 0.0890. The molecule has 0 saturated carbocycles. The van der Waals surface area contributed by atoms with E-state index < -0.39 is 0 Å². The fourth-order valence-corrected chi connectivity index (χ4v) is 3.62. The molecule has 1 aliphatic heterocycles. The second-order valence-electron chi connectivity index (χ2n) is 6.92. The van der Waals surface area contributed by atoms with Gasteiger partial charge in [-0.05, 0) is 18.6 Å². The van der Waals surface area contributed by atoms with Crippen LogP contribution in [0.4, 0.5) is 0 Å². The van der Waals surface area contributed by atoms with E-state index in [1.54, 1.807) is 17.1 Å². The summed E-state index contributed by atoms with van der Waals surface area (Å²) in [4.78, 5) is 34.6. The van der Waals surface area contributed by atoms with Gasteiger partial charge in [-0.1, -0.05) is 18.2 Å². The molecule has 4 rings (SSSR count). The van der Waals surface area contributed by atoms with E-state index >= 15 is 0 Å². The Labute approximate surface area is 162 Å². The first-order valence-corrected chi connectivity index (χ1v) is 9.39. The summed E-state index contributed by atoms with van der Waals surface area (Å²) in [6.07, 6.45) is 4.14. The lowest BCUT2D eigenvalue weighted by Crippen LogP contribution is -2.28. The van der Waals surface area contributed by atoms with Crippen LogP contribution >= 0.6 is 0 Å². The number of hydrogen-bond acceptors (Lipinski definition) is 5. The minimum Gasteiger partial charge on any atom is -0.354 e. The minimum absolute atomic E-state index is 0.0450. The van der Waals surface area contributed by atoms with Gasteiger partial charge in [0.2, 0.25) is 5.91 Å². The maximum atomic E-state index is 12.7. The van der Waals surface area contributed by atoms with Crippen LogP contribution in [0.3, 0.4) is 0 Å². The Morgan fingerprint density at radius 1 is 1.18 bits per heavy atom. The predicted octanol–water partition coefficient (Wildman–Crippen LogP) is 1.59. The molecule has 1 aromatic carbocycles. The van der Waals surface area contributed by atoms with E-state index in [0.717, 1.165) is 17.6 Å². The van der Waals surface area contributed by atoms with Gasteiger partial charge < -0.3 is 10.2 Å². The lowest BCUT2D eigenvalue weighted by atomic mass is 10.0. The number of likely N-dealkylation sites (tertiary alicyclic amines) is 1. The summed E-state index contributed by atoms with van der Waals surface area (Å²) in [5.41, 5.74) is 3.04. The molecule has 2 amide bonds. The van der Waals surface area contributed by atoms with Crippen LogP contribution in [0.15, 0.2) is 42.7 Å². The normalized spacial score (nSPS) is 16.5. The van der Waals surface area contributed by atoms with E-state index in [4.69, 9.17) is 5.10 Å². The van der Waals surface area contributed by atoms with Crippen molar-refractivity contribution in [2.45, 2.75) is 25.8 Å². The monoisotopic (exact) mass is 378 g/mol. The molecular formula is C20H22N6O2. The topological polar surface area (TPSA) is 93.0 Å². The fraction of sp³-hybridized carbons (Fsp3) is 0.350. The molecule has 1 atom stereocenters. The first-order valence-electron chi connectivity index (χ1n) is 9.39. The molecule has 28 heavy (non-hydrogen) atoms. The largest absolute Gasteiger partial charge is 0.354 e. The van der Waals surface area contributed by atoms with Gasteiger partial charge in [-0.2, -0.15) is 5.10 Å². The summed E-state index contributed by atoms with van der Waals surface area (Å²) in [7, 11) is 0. The number of hydrogen-bond donors (Lipinski definition) is 1. The van der Waals surface area contributed by atoms with Crippen LogP contribution in [0.1, 0.15) is 35.3 Å². The van der Waals surface area contributed by atoms with Crippen LogP contribution in [0, 0.1) is 0 Å². The van der Waals surface area contributed by atoms with E-state index in [1.807, 2.05) is 35.2 Å². The van der Waals surface area contributed by atoms with Gasteiger partial charge in [0.15, 0.2) is 5.65 Å². The molecule has 1 unspecified atom stereocenters. The van der Waals surface area contributed by atoms with E-state index in [-0.39, 0.29) is 17.7 Å². The second-order valence-corrected chi connectivity index (χ2v) is 6.92. The van der Waals surface area contributed by atoms with Crippen molar-refractivity contribution in [1.29, 1.82) is 0 Å². The van der Waals surface area contributed by atoms with Crippen LogP contribution in [0.5, 0.6) is 0 Å². The number of benzene rings is 1. The zero-order chi connectivity index (χ0) is 19.5. The van der Waals surface area contributed by atoms with Crippen molar-refractivity contribution in [3.8, 4) is 0 Å². The molecule has 8 heteroatoms. The quantitative estimate of drug-likeness (QED) is 0.728. The van der Waals surface area contributed by atoms with Crippen molar-refractivity contribution in [3.05, 3.63) is 54.0 Å². The molecule has 1 fully saturated rings. The maximum Gasteiger partial charge on any atom is 0.253 e. The van der Waals surface area contributed by atoms with Gasteiger partial charge in [-0.25, -0.2) is 14.6 Å². The maximum absolute atomic E-state index is 12.7. The summed E-state index contributed by atoms with van der Waals surface area (Å²) in [6.45, 7) is 3.80. The molecule has 0 spiro atoms. The van der Waals surface area contributed by atoms with Crippen LogP contribution in [0.25, 0.3) is 11.2 Å². The van der Waals surface area contributed by atoms with E-state index in [2.05, 4.69) is 15.3 Å². The highest BCUT2D eigenvalue weighted by Crippen LogP contribution is 2.31. The Kier molecular flexibility index (Phi) is 5.01. The van der Waals surface area contributed by atoms with Gasteiger partial charge >= 0.3 is 0 Å². The highest BCUT2D eigenvalue weighted by molar-refractivity contribution is 5.94. The SMILES string of the molecule is CC(=O)NCCn1nc(C2CCN(C(=O)c3ccccc3)C2)c2nccnc21. The molecule has 0 radical (unpaired) electrons. The average Bonchev–Trinajstić information content (AvgIpc) is 3.33. The molecule has 2 aromatic heterocycles. The van der Waals surface area contributed by atoms with Gasteiger partial charge in [0.25, 0.3) is 5.91 Å². The third-order valence-corrected chi connectivity index (χ3v) is 4.97. The predicted molar refractivity (Wildman–Crippen MR) is 104 cm³/mol. The highest BCUT2D eigenvalue weighted by Gasteiger charge is 2.31. The van der Waals surface area contributed by atoms with Crippen LogP contribution in [-0.2, 0) is 11.3 Å². The minimum atomic E-state index is -0.0753. The smallest absolute Gasteiger partial charge is 0.253 e. The third kappa shape index (κ3) is 3.58. The molecule has 0 bridgehead atoms. The van der Waals surface area contributed by atoms with Gasteiger partial charge in [-0.15, -0.1) is 0 Å². The first-order chi connectivity index (χ1) is 13.6.